The summed E-state index contributed by atoms with van der Waals surface area (Å²) in [5.41, 5.74) is 2.58. The minimum atomic E-state index is -0.717. The summed E-state index contributed by atoms with van der Waals surface area (Å²) in [4.78, 5) is 4.58. The standard InChI is InChI=1S/C21H17F2N3O2.Na/c1-3-28-15-7-4-13(5-8-15)18-11-19(27)26-21(24-18)20(12(2)25-26)16-9-6-14(22)10-17(16)23;/h4-11,27H,3H2,1-2H3;. The molecule has 5 nitrogen and oxygen atoms in total. The van der Waals surface area contributed by atoms with Crippen LogP contribution in [-0.4, -0.2) is 55.9 Å². The maximum Gasteiger partial charge on any atom is 0.216 e. The number of halogens is 2. The van der Waals surface area contributed by atoms with Gasteiger partial charge in [-0.3, -0.25) is 0 Å². The van der Waals surface area contributed by atoms with Crippen LogP contribution in [-0.2, 0) is 0 Å². The Hall–Kier alpha value is -2.48. The zero-order valence-electron chi connectivity index (χ0n) is 16.3. The number of hydrogen-bond donors (Lipinski definition) is 1. The van der Waals surface area contributed by atoms with E-state index in [2.05, 4.69) is 10.1 Å². The average molecular weight is 404 g/mol. The van der Waals surface area contributed by atoms with Crippen molar-refractivity contribution in [2.45, 2.75) is 13.8 Å². The molecule has 2 aromatic carbocycles. The van der Waals surface area contributed by atoms with Gasteiger partial charge in [0, 0.05) is 52.8 Å². The normalized spacial score (nSPS) is 10.8. The summed E-state index contributed by atoms with van der Waals surface area (Å²) >= 11 is 0. The fourth-order valence-corrected chi connectivity index (χ4v) is 3.15. The van der Waals surface area contributed by atoms with Crippen LogP contribution in [0.15, 0.2) is 48.5 Å². The van der Waals surface area contributed by atoms with Gasteiger partial charge in [0.05, 0.1) is 23.6 Å². The van der Waals surface area contributed by atoms with E-state index in [1.165, 1.54) is 22.7 Å². The van der Waals surface area contributed by atoms with Crippen molar-refractivity contribution in [1.82, 2.24) is 14.6 Å². The second-order valence-corrected chi connectivity index (χ2v) is 6.28. The van der Waals surface area contributed by atoms with E-state index in [9.17, 15) is 13.9 Å². The Bertz CT molecular complexity index is 1180. The van der Waals surface area contributed by atoms with Gasteiger partial charge in [-0.2, -0.15) is 9.61 Å². The fourth-order valence-electron chi connectivity index (χ4n) is 3.15. The van der Waals surface area contributed by atoms with Crippen molar-refractivity contribution < 1.29 is 18.6 Å². The molecule has 0 saturated carbocycles. The minimum absolute atomic E-state index is 0. The number of rotatable bonds is 4. The molecular weight excluding hydrogens is 387 g/mol. The first-order chi connectivity index (χ1) is 13.5. The summed E-state index contributed by atoms with van der Waals surface area (Å²) in [6.45, 7) is 4.15. The van der Waals surface area contributed by atoms with Crippen molar-refractivity contribution in [3.05, 3.63) is 65.9 Å². The molecule has 0 aliphatic rings. The van der Waals surface area contributed by atoms with Crippen molar-refractivity contribution in [2.24, 2.45) is 0 Å². The predicted molar refractivity (Wildman–Crippen MR) is 107 cm³/mol. The molecule has 8 heteroatoms. The van der Waals surface area contributed by atoms with Crippen LogP contribution in [0.4, 0.5) is 8.78 Å². The first kappa shape index (κ1) is 21.2. The first-order valence-corrected chi connectivity index (χ1v) is 8.76. The SMILES string of the molecule is CCOc1ccc(-c2cc(O)n3nc(C)c(-c4ccc(F)cc4F)c3n2)cc1.[Na]. The van der Waals surface area contributed by atoms with Crippen molar-refractivity contribution in [3.63, 3.8) is 0 Å². The van der Waals surface area contributed by atoms with Crippen LogP contribution in [0.2, 0.25) is 0 Å². The third-order valence-electron chi connectivity index (χ3n) is 4.41. The van der Waals surface area contributed by atoms with E-state index < -0.39 is 11.6 Å². The number of benzene rings is 2. The molecule has 29 heavy (non-hydrogen) atoms. The van der Waals surface area contributed by atoms with Crippen molar-refractivity contribution in [3.8, 4) is 34.0 Å². The quantitative estimate of drug-likeness (QED) is 0.513. The molecule has 4 aromatic rings. The first-order valence-electron chi connectivity index (χ1n) is 8.76. The molecular formula is C21H17F2N3NaO2. The Morgan fingerprint density at radius 2 is 1.79 bits per heavy atom. The van der Waals surface area contributed by atoms with Crippen molar-refractivity contribution >= 4 is 35.2 Å². The summed E-state index contributed by atoms with van der Waals surface area (Å²) in [5.74, 6) is -0.788. The number of hydrogen-bond acceptors (Lipinski definition) is 4. The van der Waals surface area contributed by atoms with Crippen LogP contribution in [0, 0.1) is 18.6 Å². The third-order valence-corrected chi connectivity index (χ3v) is 4.41. The zero-order chi connectivity index (χ0) is 19.8. The van der Waals surface area contributed by atoms with Crippen LogP contribution < -0.4 is 4.74 Å². The summed E-state index contributed by atoms with van der Waals surface area (Å²) < 4.78 is 34.4. The van der Waals surface area contributed by atoms with E-state index in [4.69, 9.17) is 4.74 Å². The molecule has 0 atom stereocenters. The number of ether oxygens (including phenoxy) is 1. The summed E-state index contributed by atoms with van der Waals surface area (Å²) in [5, 5.41) is 14.7. The van der Waals surface area contributed by atoms with Gasteiger partial charge in [0.1, 0.15) is 17.4 Å². The molecule has 0 unspecified atom stereocenters. The molecule has 1 N–H and O–H groups in total. The Morgan fingerprint density at radius 3 is 2.45 bits per heavy atom. The van der Waals surface area contributed by atoms with E-state index in [1.807, 2.05) is 31.2 Å². The van der Waals surface area contributed by atoms with Gasteiger partial charge in [-0.15, -0.1) is 0 Å². The van der Waals surface area contributed by atoms with E-state index in [0.29, 0.717) is 23.6 Å². The molecule has 0 bridgehead atoms. The third kappa shape index (κ3) is 3.99. The van der Waals surface area contributed by atoms with E-state index >= 15 is 0 Å². The number of fused-ring (bicyclic) bond motifs is 1. The van der Waals surface area contributed by atoms with Crippen molar-refractivity contribution in [1.29, 1.82) is 0 Å². The predicted octanol–water partition coefficient (Wildman–Crippen LogP) is 4.37. The minimum Gasteiger partial charge on any atom is -0.494 e. The number of aromatic hydroxyl groups is 1. The molecule has 0 saturated heterocycles. The molecule has 2 aromatic heterocycles. The Morgan fingerprint density at radius 1 is 1.07 bits per heavy atom. The van der Waals surface area contributed by atoms with E-state index in [1.54, 1.807) is 6.92 Å². The second kappa shape index (κ2) is 8.49. The maximum atomic E-state index is 14.4. The monoisotopic (exact) mass is 404 g/mol. The molecule has 0 fully saturated rings. The Labute approximate surface area is 188 Å². The fraction of sp³-hybridized carbons (Fsp3) is 0.143. The molecule has 0 aliphatic heterocycles. The van der Waals surface area contributed by atoms with Crippen LogP contribution >= 0.6 is 0 Å². The smallest absolute Gasteiger partial charge is 0.216 e. The number of nitrogens with zero attached hydrogens (tertiary/aromatic N) is 3. The van der Waals surface area contributed by atoms with Crippen LogP contribution in [0.1, 0.15) is 12.6 Å². The molecule has 0 aliphatic carbocycles. The summed E-state index contributed by atoms with van der Waals surface area (Å²) in [6, 6.07) is 12.1. The van der Waals surface area contributed by atoms with Crippen LogP contribution in [0.3, 0.4) is 0 Å². The van der Waals surface area contributed by atoms with Gasteiger partial charge < -0.3 is 9.84 Å². The van der Waals surface area contributed by atoms with E-state index in [-0.39, 0.29) is 46.6 Å². The number of aryl methyl sites for hydroxylation is 1. The topological polar surface area (TPSA) is 59.7 Å². The molecule has 2 heterocycles. The Kier molecular flexibility index (Phi) is 6.21. The van der Waals surface area contributed by atoms with Crippen LogP contribution in [0.25, 0.3) is 28.0 Å². The van der Waals surface area contributed by atoms with Gasteiger partial charge >= 0.3 is 0 Å². The van der Waals surface area contributed by atoms with Crippen molar-refractivity contribution in [2.75, 3.05) is 6.61 Å². The van der Waals surface area contributed by atoms with Gasteiger partial charge in [-0.1, -0.05) is 0 Å². The van der Waals surface area contributed by atoms with Crippen LogP contribution in [0.5, 0.6) is 11.6 Å². The summed E-state index contributed by atoms with van der Waals surface area (Å²) in [6.07, 6.45) is 0. The van der Waals surface area contributed by atoms with Gasteiger partial charge in [0.2, 0.25) is 5.88 Å². The van der Waals surface area contributed by atoms with Gasteiger partial charge in [-0.05, 0) is 50.2 Å². The molecule has 1 radical (unpaired) electrons. The molecule has 143 valence electrons. The zero-order valence-corrected chi connectivity index (χ0v) is 18.3. The number of aromatic nitrogens is 3. The van der Waals surface area contributed by atoms with E-state index in [0.717, 1.165) is 17.4 Å². The largest absolute Gasteiger partial charge is 0.494 e. The van der Waals surface area contributed by atoms with Gasteiger partial charge in [0.15, 0.2) is 5.65 Å². The molecule has 4 rings (SSSR count). The van der Waals surface area contributed by atoms with Gasteiger partial charge in [0.25, 0.3) is 0 Å². The average Bonchev–Trinajstić information content (AvgIpc) is 2.99. The maximum absolute atomic E-state index is 14.4. The molecule has 0 amide bonds. The molecule has 0 spiro atoms. The van der Waals surface area contributed by atoms with Gasteiger partial charge in [-0.25, -0.2) is 13.8 Å². The Balaban J connectivity index is 0.00000240. The second-order valence-electron chi connectivity index (χ2n) is 6.28. The summed E-state index contributed by atoms with van der Waals surface area (Å²) in [7, 11) is 0.